The Labute approximate surface area is 106 Å². The summed E-state index contributed by atoms with van der Waals surface area (Å²) in [6.07, 6.45) is 5.26. The SMILES string of the molecule is N#CC1CC[C@@H]2c3cccc4[nH]cc(c34)C[C@H]2N1. The number of aromatic amines is 1. The van der Waals surface area contributed by atoms with Crippen LogP contribution in [-0.4, -0.2) is 17.1 Å². The second-order valence-electron chi connectivity index (χ2n) is 5.43. The molecule has 1 saturated heterocycles. The highest BCUT2D eigenvalue weighted by Gasteiger charge is 2.35. The standard InChI is InChI=1S/C15H15N3/c16-7-10-4-5-11-12-2-1-3-13-15(12)9(8-17-13)6-14(11)18-10/h1-3,8,10-11,14,17-18H,4-6H2/t10?,11-,14-/m1/s1. The Hall–Kier alpha value is -1.79. The number of nitrogens with one attached hydrogen (secondary N) is 2. The number of hydrogen-bond acceptors (Lipinski definition) is 2. The van der Waals surface area contributed by atoms with Crippen LogP contribution in [0, 0.1) is 11.3 Å². The van der Waals surface area contributed by atoms with Gasteiger partial charge < -0.3 is 4.98 Å². The Morgan fingerprint density at radius 2 is 2.22 bits per heavy atom. The quantitative estimate of drug-likeness (QED) is 0.739. The molecule has 1 aliphatic heterocycles. The van der Waals surface area contributed by atoms with Crippen LogP contribution in [-0.2, 0) is 6.42 Å². The van der Waals surface area contributed by atoms with Gasteiger partial charge in [-0.25, -0.2) is 0 Å². The van der Waals surface area contributed by atoms with Gasteiger partial charge in [-0.1, -0.05) is 12.1 Å². The molecule has 1 aromatic carbocycles. The number of piperidine rings is 1. The average Bonchev–Trinajstić information content (AvgIpc) is 2.83. The Balaban J connectivity index is 1.84. The number of rotatable bonds is 0. The lowest BCUT2D eigenvalue weighted by atomic mass is 9.75. The van der Waals surface area contributed by atoms with Gasteiger partial charge in [0.05, 0.1) is 12.1 Å². The van der Waals surface area contributed by atoms with Crippen LogP contribution in [0.2, 0.25) is 0 Å². The smallest absolute Gasteiger partial charge is 0.0955 e. The van der Waals surface area contributed by atoms with Gasteiger partial charge in [-0.3, -0.25) is 5.32 Å². The summed E-state index contributed by atoms with van der Waals surface area (Å²) >= 11 is 0. The largest absolute Gasteiger partial charge is 0.361 e. The van der Waals surface area contributed by atoms with E-state index < -0.39 is 0 Å². The van der Waals surface area contributed by atoms with Gasteiger partial charge in [0, 0.05) is 29.1 Å². The van der Waals surface area contributed by atoms with Crippen LogP contribution >= 0.6 is 0 Å². The topological polar surface area (TPSA) is 51.6 Å². The fourth-order valence-corrected chi connectivity index (χ4v) is 3.67. The van der Waals surface area contributed by atoms with Crippen molar-refractivity contribution >= 4 is 10.9 Å². The summed E-state index contributed by atoms with van der Waals surface area (Å²) in [6.45, 7) is 0. The Kier molecular flexibility index (Phi) is 2.03. The molecule has 2 heterocycles. The van der Waals surface area contributed by atoms with Crippen molar-refractivity contribution in [2.45, 2.75) is 37.3 Å². The zero-order valence-corrected chi connectivity index (χ0v) is 10.1. The third kappa shape index (κ3) is 1.27. The molecule has 3 atom stereocenters. The lowest BCUT2D eigenvalue weighted by molar-refractivity contribution is 0.312. The van der Waals surface area contributed by atoms with Crippen molar-refractivity contribution in [2.75, 3.05) is 0 Å². The molecular formula is C15H15N3. The van der Waals surface area contributed by atoms with E-state index in [4.69, 9.17) is 5.26 Å². The normalized spacial score (nSPS) is 29.8. The summed E-state index contributed by atoms with van der Waals surface area (Å²) in [6, 6.07) is 9.36. The van der Waals surface area contributed by atoms with Crippen molar-refractivity contribution in [3.63, 3.8) is 0 Å². The van der Waals surface area contributed by atoms with E-state index in [0.29, 0.717) is 12.0 Å². The van der Waals surface area contributed by atoms with Crippen LogP contribution < -0.4 is 5.32 Å². The first-order chi connectivity index (χ1) is 8.86. The average molecular weight is 237 g/mol. The highest BCUT2D eigenvalue weighted by Crippen LogP contribution is 2.41. The molecule has 2 aromatic rings. The zero-order valence-electron chi connectivity index (χ0n) is 10.1. The molecule has 1 fully saturated rings. The monoisotopic (exact) mass is 237 g/mol. The van der Waals surface area contributed by atoms with Crippen LogP contribution in [0.15, 0.2) is 24.4 Å². The lowest BCUT2D eigenvalue weighted by Crippen LogP contribution is -2.48. The van der Waals surface area contributed by atoms with Crippen molar-refractivity contribution < 1.29 is 0 Å². The molecule has 3 heteroatoms. The summed E-state index contributed by atoms with van der Waals surface area (Å²) in [5, 5.41) is 14.0. The van der Waals surface area contributed by atoms with Crippen LogP contribution in [0.5, 0.6) is 0 Å². The molecule has 0 spiro atoms. The third-order valence-corrected chi connectivity index (χ3v) is 4.48. The maximum Gasteiger partial charge on any atom is 0.0955 e. The minimum atomic E-state index is 0.0333. The summed E-state index contributed by atoms with van der Waals surface area (Å²) in [5.41, 5.74) is 4.11. The van der Waals surface area contributed by atoms with Crippen molar-refractivity contribution in [3.05, 3.63) is 35.5 Å². The zero-order chi connectivity index (χ0) is 12.1. The van der Waals surface area contributed by atoms with Gasteiger partial charge >= 0.3 is 0 Å². The molecule has 18 heavy (non-hydrogen) atoms. The molecule has 4 rings (SSSR count). The fourth-order valence-electron chi connectivity index (χ4n) is 3.67. The van der Waals surface area contributed by atoms with E-state index in [-0.39, 0.29) is 6.04 Å². The van der Waals surface area contributed by atoms with E-state index >= 15 is 0 Å². The Morgan fingerprint density at radius 3 is 3.11 bits per heavy atom. The minimum Gasteiger partial charge on any atom is -0.361 e. The van der Waals surface area contributed by atoms with Crippen LogP contribution in [0.1, 0.15) is 29.9 Å². The van der Waals surface area contributed by atoms with E-state index in [9.17, 15) is 0 Å². The molecular weight excluding hydrogens is 222 g/mol. The Bertz CT molecular complexity index is 649. The van der Waals surface area contributed by atoms with Crippen LogP contribution in [0.4, 0.5) is 0 Å². The molecule has 1 aromatic heterocycles. The van der Waals surface area contributed by atoms with Gasteiger partial charge in [-0.15, -0.1) is 0 Å². The predicted molar refractivity (Wildman–Crippen MR) is 70.3 cm³/mol. The van der Waals surface area contributed by atoms with Crippen LogP contribution in [0.3, 0.4) is 0 Å². The molecule has 0 radical (unpaired) electrons. The molecule has 90 valence electrons. The maximum atomic E-state index is 9.07. The second kappa shape index (κ2) is 3.60. The first kappa shape index (κ1) is 10.2. The van der Waals surface area contributed by atoms with Gasteiger partial charge in [0.15, 0.2) is 0 Å². The van der Waals surface area contributed by atoms with Gasteiger partial charge in [-0.05, 0) is 36.5 Å². The number of hydrogen-bond donors (Lipinski definition) is 2. The van der Waals surface area contributed by atoms with E-state index in [1.807, 2.05) is 0 Å². The molecule has 2 N–H and O–H groups in total. The number of fused-ring (bicyclic) bond motifs is 2. The van der Waals surface area contributed by atoms with E-state index in [2.05, 4.69) is 40.8 Å². The molecule has 0 amide bonds. The van der Waals surface area contributed by atoms with Gasteiger partial charge in [-0.2, -0.15) is 5.26 Å². The van der Waals surface area contributed by atoms with E-state index in [1.54, 1.807) is 0 Å². The molecule has 1 aliphatic carbocycles. The van der Waals surface area contributed by atoms with Crippen molar-refractivity contribution in [3.8, 4) is 6.07 Å². The number of nitrogens with zero attached hydrogens (tertiary/aromatic N) is 1. The first-order valence-electron chi connectivity index (χ1n) is 6.61. The number of benzene rings is 1. The molecule has 1 unspecified atom stereocenters. The first-order valence-corrected chi connectivity index (χ1v) is 6.61. The number of aromatic nitrogens is 1. The number of nitriles is 1. The van der Waals surface area contributed by atoms with Crippen LogP contribution in [0.25, 0.3) is 10.9 Å². The highest BCUT2D eigenvalue weighted by molar-refractivity contribution is 5.88. The summed E-state index contributed by atoms with van der Waals surface area (Å²) in [5.74, 6) is 0.571. The van der Waals surface area contributed by atoms with Crippen molar-refractivity contribution in [2.24, 2.45) is 0 Å². The van der Waals surface area contributed by atoms with Crippen molar-refractivity contribution in [1.82, 2.24) is 10.3 Å². The summed E-state index contributed by atoms with van der Waals surface area (Å²) in [4.78, 5) is 3.36. The Morgan fingerprint density at radius 1 is 1.28 bits per heavy atom. The van der Waals surface area contributed by atoms with E-state index in [0.717, 1.165) is 19.3 Å². The van der Waals surface area contributed by atoms with E-state index in [1.165, 1.54) is 22.0 Å². The molecule has 2 aliphatic rings. The molecule has 0 saturated carbocycles. The predicted octanol–water partition coefficient (Wildman–Crippen LogP) is 2.45. The second-order valence-corrected chi connectivity index (χ2v) is 5.43. The lowest BCUT2D eigenvalue weighted by Gasteiger charge is -2.38. The highest BCUT2D eigenvalue weighted by atomic mass is 15.0. The summed E-state index contributed by atoms with van der Waals surface area (Å²) < 4.78 is 0. The third-order valence-electron chi connectivity index (χ3n) is 4.48. The summed E-state index contributed by atoms with van der Waals surface area (Å²) in [7, 11) is 0. The van der Waals surface area contributed by atoms with Gasteiger partial charge in [0.2, 0.25) is 0 Å². The maximum absolute atomic E-state index is 9.07. The van der Waals surface area contributed by atoms with Gasteiger partial charge in [0.1, 0.15) is 0 Å². The fraction of sp³-hybridized carbons (Fsp3) is 0.400. The minimum absolute atomic E-state index is 0.0333. The molecule has 0 bridgehead atoms. The van der Waals surface area contributed by atoms with Gasteiger partial charge in [0.25, 0.3) is 0 Å². The molecule has 3 nitrogen and oxygen atoms in total. The number of H-pyrrole nitrogens is 1. The van der Waals surface area contributed by atoms with Crippen molar-refractivity contribution in [1.29, 1.82) is 5.26 Å².